The van der Waals surface area contributed by atoms with Crippen molar-refractivity contribution in [3.05, 3.63) is 59.4 Å². The maximum Gasteiger partial charge on any atom is 0.357 e. The number of aryl methyl sites for hydroxylation is 2. The lowest BCUT2D eigenvalue weighted by molar-refractivity contribution is -0.121. The molecule has 25 heavy (non-hydrogen) atoms. The summed E-state index contributed by atoms with van der Waals surface area (Å²) >= 11 is 0. The summed E-state index contributed by atoms with van der Waals surface area (Å²) in [4.78, 5) is 29.8. The summed E-state index contributed by atoms with van der Waals surface area (Å²) in [6, 6.07) is 12.6. The molecule has 0 unspecified atom stereocenters. The van der Waals surface area contributed by atoms with Crippen molar-refractivity contribution in [3.8, 4) is 6.07 Å². The zero-order valence-corrected chi connectivity index (χ0v) is 14.2. The summed E-state index contributed by atoms with van der Waals surface area (Å²) < 4.78 is 5.06. The van der Waals surface area contributed by atoms with Crippen LogP contribution < -0.4 is 4.90 Å². The van der Waals surface area contributed by atoms with E-state index in [-0.39, 0.29) is 24.6 Å². The van der Waals surface area contributed by atoms with Crippen molar-refractivity contribution in [2.24, 2.45) is 0 Å². The van der Waals surface area contributed by atoms with Crippen LogP contribution in [0.15, 0.2) is 42.6 Å². The van der Waals surface area contributed by atoms with Crippen LogP contribution in [0.2, 0.25) is 0 Å². The highest BCUT2D eigenvalue weighted by Gasteiger charge is 2.19. The van der Waals surface area contributed by atoms with E-state index in [4.69, 9.17) is 10.00 Å². The number of hydrogen-bond donors (Lipinski definition) is 0. The van der Waals surface area contributed by atoms with Crippen LogP contribution in [0, 0.1) is 25.2 Å². The molecule has 0 saturated carbocycles. The van der Waals surface area contributed by atoms with Gasteiger partial charge in [0.15, 0.2) is 6.61 Å². The molecule has 0 aliphatic heterocycles. The van der Waals surface area contributed by atoms with E-state index in [9.17, 15) is 9.59 Å². The van der Waals surface area contributed by atoms with Crippen LogP contribution >= 0.6 is 0 Å². The van der Waals surface area contributed by atoms with Crippen LogP contribution in [-0.2, 0) is 9.53 Å². The molecule has 0 atom stereocenters. The summed E-state index contributed by atoms with van der Waals surface area (Å²) in [6.45, 7) is 3.70. The summed E-state index contributed by atoms with van der Waals surface area (Å²) in [5.74, 6) is -1.04. The molecule has 0 spiro atoms. The average Bonchev–Trinajstić information content (AvgIpc) is 2.60. The molecule has 0 bridgehead atoms. The smallest absolute Gasteiger partial charge is 0.357 e. The molecule has 0 aliphatic rings. The molecule has 0 radical (unpaired) electrons. The Morgan fingerprint density at radius 1 is 1.20 bits per heavy atom. The van der Waals surface area contributed by atoms with E-state index in [0.29, 0.717) is 5.69 Å². The van der Waals surface area contributed by atoms with Gasteiger partial charge in [-0.25, -0.2) is 9.78 Å². The second-order valence-corrected chi connectivity index (χ2v) is 5.59. The first-order chi connectivity index (χ1) is 12.0. The summed E-state index contributed by atoms with van der Waals surface area (Å²) in [6.07, 6.45) is 1.67. The summed E-state index contributed by atoms with van der Waals surface area (Å²) in [5.41, 5.74) is 2.85. The third kappa shape index (κ3) is 5.15. The van der Waals surface area contributed by atoms with Crippen LogP contribution in [-0.4, -0.2) is 30.0 Å². The number of amides is 1. The van der Waals surface area contributed by atoms with Gasteiger partial charge in [0.2, 0.25) is 0 Å². The van der Waals surface area contributed by atoms with Crippen LogP contribution in [0.3, 0.4) is 0 Å². The molecular formula is C19H19N3O3. The Bertz CT molecular complexity index is 777. The van der Waals surface area contributed by atoms with E-state index in [0.717, 1.165) is 11.1 Å². The lowest BCUT2D eigenvalue weighted by atomic mass is 10.1. The predicted molar refractivity (Wildman–Crippen MR) is 93.0 cm³/mol. The molecular weight excluding hydrogens is 318 g/mol. The number of rotatable bonds is 6. The molecule has 2 rings (SSSR count). The van der Waals surface area contributed by atoms with E-state index in [1.807, 2.05) is 38.1 Å². The number of anilines is 1. The van der Waals surface area contributed by atoms with Gasteiger partial charge >= 0.3 is 5.97 Å². The zero-order chi connectivity index (χ0) is 18.2. The topological polar surface area (TPSA) is 83.3 Å². The fraction of sp³-hybridized carbons (Fsp3) is 0.263. The maximum atomic E-state index is 12.5. The van der Waals surface area contributed by atoms with Gasteiger partial charge in [-0.2, -0.15) is 5.26 Å². The molecule has 1 aromatic carbocycles. The molecule has 0 aliphatic carbocycles. The van der Waals surface area contributed by atoms with E-state index < -0.39 is 12.6 Å². The molecule has 0 N–H and O–H groups in total. The predicted octanol–water partition coefficient (Wildman–Crippen LogP) is 2.80. The summed E-state index contributed by atoms with van der Waals surface area (Å²) in [7, 11) is 0. The van der Waals surface area contributed by atoms with E-state index in [2.05, 4.69) is 4.98 Å². The Morgan fingerprint density at radius 2 is 1.92 bits per heavy atom. The minimum Gasteiger partial charge on any atom is -0.451 e. The third-order valence-electron chi connectivity index (χ3n) is 3.47. The lowest BCUT2D eigenvalue weighted by Gasteiger charge is -2.22. The van der Waals surface area contributed by atoms with E-state index in [1.165, 1.54) is 17.2 Å². The highest BCUT2D eigenvalue weighted by molar-refractivity contribution is 5.96. The average molecular weight is 337 g/mol. The quantitative estimate of drug-likeness (QED) is 0.757. The number of carbonyl (C=O) groups is 2. The first-order valence-corrected chi connectivity index (χ1v) is 7.85. The van der Waals surface area contributed by atoms with Gasteiger partial charge < -0.3 is 9.64 Å². The maximum absolute atomic E-state index is 12.5. The standard InChI is InChI=1S/C19H19N3O3/c1-14-10-15(2)12-16(11-14)22(9-5-7-20)18(23)13-25-19(24)17-6-3-4-8-21-17/h3-4,6,8,10-12H,5,9,13H2,1-2H3. The molecule has 6 nitrogen and oxygen atoms in total. The molecule has 1 heterocycles. The second-order valence-electron chi connectivity index (χ2n) is 5.59. The molecule has 1 aromatic heterocycles. The Hall–Kier alpha value is -3.20. The normalized spacial score (nSPS) is 9.96. The first-order valence-electron chi connectivity index (χ1n) is 7.85. The van der Waals surface area contributed by atoms with Crippen molar-refractivity contribution in [2.75, 3.05) is 18.1 Å². The van der Waals surface area contributed by atoms with Crippen LogP contribution in [0.4, 0.5) is 5.69 Å². The first kappa shape index (κ1) is 18.1. The van der Waals surface area contributed by atoms with Crippen LogP contribution in [0.1, 0.15) is 28.0 Å². The van der Waals surface area contributed by atoms with Gasteiger partial charge in [0.25, 0.3) is 5.91 Å². The Kier molecular flexibility index (Phi) is 6.24. The molecule has 1 amide bonds. The van der Waals surface area contributed by atoms with Crippen molar-refractivity contribution in [1.29, 1.82) is 5.26 Å². The number of ether oxygens (including phenoxy) is 1. The minimum absolute atomic E-state index is 0.144. The number of benzene rings is 1. The van der Waals surface area contributed by atoms with Crippen molar-refractivity contribution >= 4 is 17.6 Å². The number of esters is 1. The Labute approximate surface area is 146 Å². The molecule has 0 saturated heterocycles. The number of hydrogen-bond acceptors (Lipinski definition) is 5. The lowest BCUT2D eigenvalue weighted by Crippen LogP contribution is -2.35. The van der Waals surface area contributed by atoms with Gasteiger partial charge in [0.05, 0.1) is 12.5 Å². The fourth-order valence-corrected chi connectivity index (χ4v) is 2.43. The minimum atomic E-state index is -0.658. The highest BCUT2D eigenvalue weighted by Crippen LogP contribution is 2.19. The molecule has 128 valence electrons. The van der Waals surface area contributed by atoms with Crippen molar-refractivity contribution in [1.82, 2.24) is 4.98 Å². The fourth-order valence-electron chi connectivity index (χ4n) is 2.43. The molecule has 6 heteroatoms. The van der Waals surface area contributed by atoms with E-state index >= 15 is 0 Å². The SMILES string of the molecule is Cc1cc(C)cc(N(CCC#N)C(=O)COC(=O)c2ccccn2)c1. The monoisotopic (exact) mass is 337 g/mol. The van der Waals surface area contributed by atoms with Gasteiger partial charge in [-0.1, -0.05) is 12.1 Å². The zero-order valence-electron chi connectivity index (χ0n) is 14.2. The van der Waals surface area contributed by atoms with Crippen molar-refractivity contribution < 1.29 is 14.3 Å². The van der Waals surface area contributed by atoms with Gasteiger partial charge in [-0.05, 0) is 49.2 Å². The van der Waals surface area contributed by atoms with E-state index in [1.54, 1.807) is 12.1 Å². The number of nitrogens with zero attached hydrogens (tertiary/aromatic N) is 3. The van der Waals surface area contributed by atoms with Crippen molar-refractivity contribution in [2.45, 2.75) is 20.3 Å². The second kappa shape index (κ2) is 8.60. The van der Waals surface area contributed by atoms with Crippen molar-refractivity contribution in [3.63, 3.8) is 0 Å². The number of aromatic nitrogens is 1. The Balaban J connectivity index is 2.10. The van der Waals surface area contributed by atoms with Gasteiger partial charge in [-0.15, -0.1) is 0 Å². The van der Waals surface area contributed by atoms with Crippen LogP contribution in [0.5, 0.6) is 0 Å². The van der Waals surface area contributed by atoms with Crippen LogP contribution in [0.25, 0.3) is 0 Å². The van der Waals surface area contributed by atoms with Gasteiger partial charge in [0.1, 0.15) is 5.69 Å². The highest BCUT2D eigenvalue weighted by atomic mass is 16.5. The largest absolute Gasteiger partial charge is 0.451 e. The molecule has 0 fully saturated rings. The number of pyridine rings is 1. The third-order valence-corrected chi connectivity index (χ3v) is 3.47. The summed E-state index contributed by atoms with van der Waals surface area (Å²) in [5, 5.41) is 8.84. The van der Waals surface area contributed by atoms with Gasteiger partial charge in [-0.3, -0.25) is 4.79 Å². The Morgan fingerprint density at radius 3 is 2.52 bits per heavy atom. The number of carbonyl (C=O) groups excluding carboxylic acids is 2. The van der Waals surface area contributed by atoms with Gasteiger partial charge in [0, 0.05) is 18.4 Å². The molecule has 2 aromatic rings. The number of nitriles is 1.